The zero-order valence-electron chi connectivity index (χ0n) is 14.3. The maximum atomic E-state index is 12.1. The Balaban J connectivity index is 1.88. The molecule has 0 heterocycles. The van der Waals surface area contributed by atoms with E-state index in [0.29, 0.717) is 17.3 Å². The molecule has 1 N–H and O–H groups in total. The lowest BCUT2D eigenvalue weighted by Crippen LogP contribution is -2.36. The minimum Gasteiger partial charge on any atom is -0.482 e. The van der Waals surface area contributed by atoms with E-state index in [1.807, 2.05) is 51.4 Å². The molecule has 0 saturated heterocycles. The summed E-state index contributed by atoms with van der Waals surface area (Å²) in [6.45, 7) is 2.41. The number of benzene rings is 2. The molecule has 2 aromatic carbocycles. The lowest BCUT2D eigenvalue weighted by Gasteiger charge is -2.25. The van der Waals surface area contributed by atoms with E-state index in [4.69, 9.17) is 16.3 Å². The second-order valence-corrected chi connectivity index (χ2v) is 6.32. The second-order valence-electron chi connectivity index (χ2n) is 5.92. The number of halogens is 1. The number of nitrogens with one attached hydrogen (secondary N) is 1. The first-order valence-electron chi connectivity index (χ1n) is 7.84. The molecule has 128 valence electrons. The van der Waals surface area contributed by atoms with Gasteiger partial charge in [-0.05, 0) is 44.3 Å². The molecule has 2 rings (SSSR count). The zero-order valence-corrected chi connectivity index (χ0v) is 15.0. The molecular weight excluding hydrogens is 324 g/mol. The molecule has 0 spiro atoms. The van der Waals surface area contributed by atoms with Crippen molar-refractivity contribution < 1.29 is 9.53 Å². The summed E-state index contributed by atoms with van der Waals surface area (Å²) in [6.07, 6.45) is 0. The van der Waals surface area contributed by atoms with Crippen LogP contribution in [-0.2, 0) is 4.79 Å². The first-order chi connectivity index (χ1) is 11.5. The number of likely N-dealkylation sites (N-methyl/N-ethyl adjacent to an activating group) is 1. The van der Waals surface area contributed by atoms with E-state index in [1.54, 1.807) is 6.07 Å². The van der Waals surface area contributed by atoms with Crippen LogP contribution in [0.1, 0.15) is 17.2 Å². The van der Waals surface area contributed by atoms with Crippen molar-refractivity contribution >= 4 is 17.5 Å². The van der Waals surface area contributed by atoms with Gasteiger partial charge in [0, 0.05) is 6.54 Å². The van der Waals surface area contributed by atoms with Crippen LogP contribution in [0.15, 0.2) is 48.5 Å². The summed E-state index contributed by atoms with van der Waals surface area (Å²) in [5.74, 6) is 0.356. The number of carbonyl (C=O) groups excluding carboxylic acids is 1. The second kappa shape index (κ2) is 8.71. The minimum absolute atomic E-state index is 0.0574. The van der Waals surface area contributed by atoms with Crippen LogP contribution in [0.3, 0.4) is 0 Å². The molecule has 5 heteroatoms. The van der Waals surface area contributed by atoms with Gasteiger partial charge in [-0.15, -0.1) is 0 Å². The van der Waals surface area contributed by atoms with Crippen LogP contribution in [0.2, 0.25) is 5.02 Å². The minimum atomic E-state index is -0.171. The predicted octanol–water partition coefficient (Wildman–Crippen LogP) is 3.45. The van der Waals surface area contributed by atoms with Gasteiger partial charge in [0.15, 0.2) is 6.61 Å². The number of ether oxygens (including phenoxy) is 1. The van der Waals surface area contributed by atoms with Gasteiger partial charge in [0.25, 0.3) is 5.91 Å². The Hall–Kier alpha value is -2.04. The van der Waals surface area contributed by atoms with Crippen LogP contribution in [0, 0.1) is 6.92 Å². The monoisotopic (exact) mass is 346 g/mol. The van der Waals surface area contributed by atoms with Gasteiger partial charge in [-0.2, -0.15) is 0 Å². The summed E-state index contributed by atoms with van der Waals surface area (Å²) in [6, 6.07) is 15.7. The van der Waals surface area contributed by atoms with Gasteiger partial charge in [-0.1, -0.05) is 48.0 Å². The quantitative estimate of drug-likeness (QED) is 0.835. The summed E-state index contributed by atoms with van der Waals surface area (Å²) in [7, 11) is 3.99. The Kier molecular flexibility index (Phi) is 6.64. The van der Waals surface area contributed by atoms with Gasteiger partial charge in [0.1, 0.15) is 5.75 Å². The van der Waals surface area contributed by atoms with Crippen molar-refractivity contribution in [3.05, 3.63) is 64.7 Å². The molecule has 0 aliphatic carbocycles. The molecule has 0 unspecified atom stereocenters. The molecule has 2 aromatic rings. The standard InChI is InChI=1S/C19H23ClN2O2/c1-14-9-10-16(20)18(11-14)24-13-19(23)21-12-17(22(2)3)15-7-5-4-6-8-15/h4-11,17H,12-13H2,1-3H3,(H,21,23)/t17-/m1/s1. The number of nitrogens with zero attached hydrogens (tertiary/aromatic N) is 1. The summed E-state index contributed by atoms with van der Waals surface area (Å²) < 4.78 is 5.52. The Morgan fingerprint density at radius 3 is 2.58 bits per heavy atom. The number of hydrogen-bond acceptors (Lipinski definition) is 3. The first kappa shape index (κ1) is 18.3. The largest absolute Gasteiger partial charge is 0.482 e. The highest BCUT2D eigenvalue weighted by molar-refractivity contribution is 6.32. The van der Waals surface area contributed by atoms with E-state index in [2.05, 4.69) is 22.3 Å². The Labute approximate surface area is 148 Å². The molecule has 0 radical (unpaired) electrons. The number of amides is 1. The lowest BCUT2D eigenvalue weighted by molar-refractivity contribution is -0.123. The Bertz CT molecular complexity index is 674. The number of carbonyl (C=O) groups is 1. The fourth-order valence-electron chi connectivity index (χ4n) is 2.40. The maximum absolute atomic E-state index is 12.1. The average Bonchev–Trinajstić information content (AvgIpc) is 2.56. The van der Waals surface area contributed by atoms with Crippen LogP contribution in [0.4, 0.5) is 0 Å². The van der Waals surface area contributed by atoms with E-state index in [9.17, 15) is 4.79 Å². The van der Waals surface area contributed by atoms with Gasteiger partial charge in [0.2, 0.25) is 0 Å². The van der Waals surface area contributed by atoms with Crippen molar-refractivity contribution in [3.63, 3.8) is 0 Å². The van der Waals surface area contributed by atoms with Crippen LogP contribution in [0.5, 0.6) is 5.75 Å². The third kappa shape index (κ3) is 5.25. The molecule has 0 aromatic heterocycles. The highest BCUT2D eigenvalue weighted by Gasteiger charge is 2.15. The molecule has 0 aliphatic heterocycles. The highest BCUT2D eigenvalue weighted by Crippen LogP contribution is 2.25. The third-order valence-electron chi connectivity index (χ3n) is 3.75. The van der Waals surface area contributed by atoms with Gasteiger partial charge in [-0.3, -0.25) is 4.79 Å². The lowest BCUT2D eigenvalue weighted by atomic mass is 10.1. The van der Waals surface area contributed by atoms with Crippen LogP contribution in [0.25, 0.3) is 0 Å². The molecule has 24 heavy (non-hydrogen) atoms. The molecule has 0 aliphatic rings. The highest BCUT2D eigenvalue weighted by atomic mass is 35.5. The fraction of sp³-hybridized carbons (Fsp3) is 0.316. The van der Waals surface area contributed by atoms with Crippen LogP contribution >= 0.6 is 11.6 Å². The number of aryl methyl sites for hydroxylation is 1. The molecule has 0 bridgehead atoms. The number of hydrogen-bond donors (Lipinski definition) is 1. The third-order valence-corrected chi connectivity index (χ3v) is 4.06. The smallest absolute Gasteiger partial charge is 0.258 e. The van der Waals surface area contributed by atoms with Crippen molar-refractivity contribution in [2.45, 2.75) is 13.0 Å². The van der Waals surface area contributed by atoms with Crippen LogP contribution in [-0.4, -0.2) is 38.1 Å². The maximum Gasteiger partial charge on any atom is 0.258 e. The summed E-state index contributed by atoms with van der Waals surface area (Å²) in [5, 5.41) is 3.42. The topological polar surface area (TPSA) is 41.6 Å². The molecule has 1 amide bonds. The molecule has 4 nitrogen and oxygen atoms in total. The SMILES string of the molecule is Cc1ccc(Cl)c(OCC(=O)NC[C@H](c2ccccc2)N(C)C)c1. The van der Waals surface area contributed by atoms with Gasteiger partial charge >= 0.3 is 0 Å². The Morgan fingerprint density at radius 1 is 1.21 bits per heavy atom. The van der Waals surface area contributed by atoms with Gasteiger partial charge < -0.3 is 15.0 Å². The summed E-state index contributed by atoms with van der Waals surface area (Å²) in [5.41, 5.74) is 2.19. The molecular formula is C19H23ClN2O2. The van der Waals surface area contributed by atoms with E-state index in [1.165, 1.54) is 0 Å². The first-order valence-corrected chi connectivity index (χ1v) is 8.22. The summed E-state index contributed by atoms with van der Waals surface area (Å²) in [4.78, 5) is 14.2. The van der Waals surface area contributed by atoms with Crippen LogP contribution < -0.4 is 10.1 Å². The van der Waals surface area contributed by atoms with Gasteiger partial charge in [-0.25, -0.2) is 0 Å². The zero-order chi connectivity index (χ0) is 17.5. The van der Waals surface area contributed by atoms with E-state index >= 15 is 0 Å². The van der Waals surface area contributed by atoms with Crippen molar-refractivity contribution in [1.29, 1.82) is 0 Å². The van der Waals surface area contributed by atoms with E-state index in [0.717, 1.165) is 11.1 Å². The van der Waals surface area contributed by atoms with Crippen molar-refractivity contribution in [2.24, 2.45) is 0 Å². The molecule has 0 saturated carbocycles. The van der Waals surface area contributed by atoms with Crippen molar-refractivity contribution in [3.8, 4) is 5.75 Å². The van der Waals surface area contributed by atoms with Crippen molar-refractivity contribution in [2.75, 3.05) is 27.2 Å². The Morgan fingerprint density at radius 2 is 1.92 bits per heavy atom. The van der Waals surface area contributed by atoms with Gasteiger partial charge in [0.05, 0.1) is 11.1 Å². The normalized spacial score (nSPS) is 12.0. The number of rotatable bonds is 7. The summed E-state index contributed by atoms with van der Waals surface area (Å²) >= 11 is 6.07. The fourth-order valence-corrected chi connectivity index (χ4v) is 2.57. The average molecular weight is 347 g/mol. The molecule has 1 atom stereocenters. The van der Waals surface area contributed by atoms with E-state index < -0.39 is 0 Å². The molecule has 0 fully saturated rings. The van der Waals surface area contributed by atoms with E-state index in [-0.39, 0.29) is 18.6 Å². The predicted molar refractivity (Wildman–Crippen MR) is 97.6 cm³/mol. The van der Waals surface area contributed by atoms with Crippen molar-refractivity contribution in [1.82, 2.24) is 10.2 Å².